The summed E-state index contributed by atoms with van der Waals surface area (Å²) < 4.78 is 15.4. The minimum absolute atomic E-state index is 0.0460. The van der Waals surface area contributed by atoms with E-state index in [2.05, 4.69) is 0 Å². The molecular formula is C17H13Cl2NO5. The van der Waals surface area contributed by atoms with Crippen LogP contribution in [0.3, 0.4) is 0 Å². The predicted molar refractivity (Wildman–Crippen MR) is 91.9 cm³/mol. The summed E-state index contributed by atoms with van der Waals surface area (Å²) in [5.74, 6) is -1.32. The zero-order valence-electron chi connectivity index (χ0n) is 13.3. The van der Waals surface area contributed by atoms with Gasteiger partial charge in [-0.2, -0.15) is 0 Å². The summed E-state index contributed by atoms with van der Waals surface area (Å²) in [6.07, 6.45) is 0. The van der Waals surface area contributed by atoms with Gasteiger partial charge >= 0.3 is 11.6 Å². The van der Waals surface area contributed by atoms with Crippen LogP contribution in [0.5, 0.6) is 5.75 Å². The lowest BCUT2D eigenvalue weighted by Gasteiger charge is -2.27. The lowest BCUT2D eigenvalue weighted by molar-refractivity contribution is -0.136. The number of esters is 1. The third-order valence-corrected chi connectivity index (χ3v) is 4.67. The van der Waals surface area contributed by atoms with Crippen molar-refractivity contribution in [2.24, 2.45) is 5.73 Å². The number of ether oxygens (including phenoxy) is 2. The standard InChI is InChI=1S/C17H13Cl2NO5/c1-7-6-10-12(17(22)24-7)11(8-4-3-5-9(18)14(8)19)13(15(20)25-10)16(21)23-2/h3-6,11H,20H2,1-2H3. The monoisotopic (exact) mass is 381 g/mol. The van der Waals surface area contributed by atoms with Gasteiger partial charge in [0.2, 0.25) is 5.88 Å². The van der Waals surface area contributed by atoms with Gasteiger partial charge in [0.25, 0.3) is 0 Å². The van der Waals surface area contributed by atoms with Gasteiger partial charge in [0, 0.05) is 6.07 Å². The van der Waals surface area contributed by atoms with Crippen LogP contribution in [0, 0.1) is 6.92 Å². The van der Waals surface area contributed by atoms with Crippen LogP contribution in [0.4, 0.5) is 0 Å². The first-order valence-corrected chi connectivity index (χ1v) is 7.95. The van der Waals surface area contributed by atoms with Crippen LogP contribution in [0.15, 0.2) is 44.9 Å². The molecule has 3 rings (SSSR count). The van der Waals surface area contributed by atoms with Crippen LogP contribution < -0.4 is 16.1 Å². The van der Waals surface area contributed by atoms with Crippen molar-refractivity contribution >= 4 is 29.2 Å². The van der Waals surface area contributed by atoms with Crippen molar-refractivity contribution in [3.63, 3.8) is 0 Å². The van der Waals surface area contributed by atoms with E-state index in [1.54, 1.807) is 25.1 Å². The fourth-order valence-corrected chi connectivity index (χ4v) is 3.20. The molecule has 1 aromatic carbocycles. The average molecular weight is 382 g/mol. The van der Waals surface area contributed by atoms with Crippen molar-refractivity contribution in [1.82, 2.24) is 0 Å². The predicted octanol–water partition coefficient (Wildman–Crippen LogP) is 3.12. The smallest absolute Gasteiger partial charge is 0.343 e. The molecule has 2 N–H and O–H groups in total. The number of aryl methyl sites for hydroxylation is 1. The van der Waals surface area contributed by atoms with E-state index in [1.165, 1.54) is 13.2 Å². The number of hydrogen-bond donors (Lipinski definition) is 1. The molecule has 130 valence electrons. The highest BCUT2D eigenvalue weighted by Crippen LogP contribution is 2.44. The highest BCUT2D eigenvalue weighted by Gasteiger charge is 2.39. The van der Waals surface area contributed by atoms with E-state index in [4.69, 9.17) is 42.8 Å². The molecule has 1 atom stereocenters. The maximum Gasteiger partial charge on any atom is 0.343 e. The zero-order chi connectivity index (χ0) is 18.3. The Morgan fingerprint density at radius 2 is 2.04 bits per heavy atom. The van der Waals surface area contributed by atoms with Crippen LogP contribution in [0.2, 0.25) is 10.0 Å². The number of halogens is 2. The number of rotatable bonds is 2. The second-order valence-corrected chi connectivity index (χ2v) is 6.16. The van der Waals surface area contributed by atoms with Crippen molar-refractivity contribution in [2.75, 3.05) is 7.11 Å². The largest absolute Gasteiger partial charge is 0.465 e. The first kappa shape index (κ1) is 17.4. The number of carbonyl (C=O) groups excluding carboxylic acids is 1. The Morgan fingerprint density at radius 1 is 1.32 bits per heavy atom. The topological polar surface area (TPSA) is 91.8 Å². The van der Waals surface area contributed by atoms with Gasteiger partial charge < -0.3 is 19.6 Å². The van der Waals surface area contributed by atoms with Crippen molar-refractivity contribution in [1.29, 1.82) is 0 Å². The number of benzene rings is 1. The van der Waals surface area contributed by atoms with E-state index in [0.29, 0.717) is 11.3 Å². The molecule has 0 bridgehead atoms. The lowest BCUT2D eigenvalue weighted by Crippen LogP contribution is -2.30. The molecule has 25 heavy (non-hydrogen) atoms. The second kappa shape index (κ2) is 6.46. The van der Waals surface area contributed by atoms with Gasteiger partial charge in [-0.15, -0.1) is 0 Å². The molecule has 2 aromatic rings. The van der Waals surface area contributed by atoms with Gasteiger partial charge in [0.1, 0.15) is 17.1 Å². The summed E-state index contributed by atoms with van der Waals surface area (Å²) in [5.41, 5.74) is 5.74. The van der Waals surface area contributed by atoms with Gasteiger partial charge in [0.05, 0.1) is 28.6 Å². The number of carbonyl (C=O) groups is 1. The highest BCUT2D eigenvalue weighted by molar-refractivity contribution is 6.42. The van der Waals surface area contributed by atoms with E-state index >= 15 is 0 Å². The van der Waals surface area contributed by atoms with Crippen molar-refractivity contribution in [2.45, 2.75) is 12.8 Å². The van der Waals surface area contributed by atoms with Gasteiger partial charge in [-0.3, -0.25) is 0 Å². The molecule has 1 aliphatic rings. The van der Waals surface area contributed by atoms with Crippen LogP contribution in [0.25, 0.3) is 0 Å². The van der Waals surface area contributed by atoms with Crippen LogP contribution in [-0.4, -0.2) is 13.1 Å². The third-order valence-electron chi connectivity index (χ3n) is 3.83. The van der Waals surface area contributed by atoms with Crippen molar-refractivity contribution < 1.29 is 18.7 Å². The van der Waals surface area contributed by atoms with Crippen LogP contribution in [0.1, 0.15) is 22.8 Å². The Hall–Kier alpha value is -2.44. The minimum atomic E-state index is -0.931. The van der Waals surface area contributed by atoms with Crippen molar-refractivity contribution in [3.8, 4) is 5.75 Å². The number of nitrogens with two attached hydrogens (primary N) is 1. The quantitative estimate of drug-likeness (QED) is 0.803. The fraction of sp³-hybridized carbons (Fsp3) is 0.176. The molecule has 1 aliphatic heterocycles. The van der Waals surface area contributed by atoms with Gasteiger partial charge in [-0.05, 0) is 18.6 Å². The Kier molecular flexibility index (Phi) is 4.49. The van der Waals surface area contributed by atoms with Gasteiger partial charge in [-0.1, -0.05) is 35.3 Å². The van der Waals surface area contributed by atoms with Gasteiger partial charge in [0.15, 0.2) is 0 Å². The Labute approximate surface area is 152 Å². The van der Waals surface area contributed by atoms with E-state index in [9.17, 15) is 9.59 Å². The molecule has 0 saturated carbocycles. The van der Waals surface area contributed by atoms with Crippen molar-refractivity contribution in [3.05, 3.63) is 73.1 Å². The zero-order valence-corrected chi connectivity index (χ0v) is 14.8. The maximum absolute atomic E-state index is 12.5. The van der Waals surface area contributed by atoms with E-state index in [-0.39, 0.29) is 32.8 Å². The SMILES string of the molecule is COC(=O)C1=C(N)Oc2cc(C)oc(=O)c2C1c1cccc(Cl)c1Cl. The molecule has 0 aliphatic carbocycles. The Balaban J connectivity index is 2.37. The molecule has 8 heteroatoms. The summed E-state index contributed by atoms with van der Waals surface area (Å²) in [6, 6.07) is 6.41. The molecular weight excluding hydrogens is 369 g/mol. The Bertz CT molecular complexity index is 964. The summed E-state index contributed by atoms with van der Waals surface area (Å²) in [6.45, 7) is 1.60. The normalized spacial score (nSPS) is 16.2. The molecule has 0 radical (unpaired) electrons. The summed E-state index contributed by atoms with van der Waals surface area (Å²) in [5, 5.41) is 0.461. The van der Waals surface area contributed by atoms with Crippen LogP contribution >= 0.6 is 23.2 Å². The molecule has 6 nitrogen and oxygen atoms in total. The lowest BCUT2D eigenvalue weighted by atomic mass is 9.83. The Morgan fingerprint density at radius 3 is 2.72 bits per heavy atom. The summed E-state index contributed by atoms with van der Waals surface area (Å²) >= 11 is 12.4. The molecule has 2 heterocycles. The van der Waals surface area contributed by atoms with Gasteiger partial charge in [-0.25, -0.2) is 9.59 Å². The minimum Gasteiger partial charge on any atom is -0.465 e. The molecule has 0 saturated heterocycles. The molecule has 1 aromatic heterocycles. The summed E-state index contributed by atoms with van der Waals surface area (Å²) in [4.78, 5) is 24.8. The molecule has 0 spiro atoms. The average Bonchev–Trinajstić information content (AvgIpc) is 2.55. The maximum atomic E-state index is 12.5. The van der Waals surface area contributed by atoms with Crippen LogP contribution in [-0.2, 0) is 9.53 Å². The number of methoxy groups -OCH3 is 1. The van der Waals surface area contributed by atoms with E-state index < -0.39 is 17.5 Å². The molecule has 1 unspecified atom stereocenters. The highest BCUT2D eigenvalue weighted by atomic mass is 35.5. The third kappa shape index (κ3) is 2.88. The number of fused-ring (bicyclic) bond motifs is 1. The second-order valence-electron chi connectivity index (χ2n) is 5.37. The first-order valence-electron chi connectivity index (χ1n) is 7.19. The van der Waals surface area contributed by atoms with E-state index in [0.717, 1.165) is 0 Å². The molecule has 0 fully saturated rings. The first-order chi connectivity index (χ1) is 11.8. The van der Waals surface area contributed by atoms with E-state index in [1.807, 2.05) is 0 Å². The summed E-state index contributed by atoms with van der Waals surface area (Å²) in [7, 11) is 1.20. The molecule has 0 amide bonds. The number of hydrogen-bond acceptors (Lipinski definition) is 6. The fourth-order valence-electron chi connectivity index (χ4n) is 2.78.